The molecule has 0 fully saturated rings. The first-order valence-electron chi connectivity index (χ1n) is 5.34. The SMILES string of the molecule is Cc1nc(N=C(N)N)sc1C(=O)c1ccc(F)cc1. The second-order valence-corrected chi connectivity index (χ2v) is 4.76. The van der Waals surface area contributed by atoms with E-state index in [2.05, 4.69) is 9.98 Å². The van der Waals surface area contributed by atoms with Crippen molar-refractivity contribution in [2.24, 2.45) is 16.5 Å². The molecule has 0 bridgehead atoms. The predicted octanol–water partition coefficient (Wildman–Crippen LogP) is 1.73. The Labute approximate surface area is 112 Å². The van der Waals surface area contributed by atoms with Crippen LogP contribution < -0.4 is 11.5 Å². The summed E-state index contributed by atoms with van der Waals surface area (Å²) in [5.74, 6) is -0.736. The van der Waals surface area contributed by atoms with Gasteiger partial charge in [0.2, 0.25) is 10.9 Å². The van der Waals surface area contributed by atoms with Crippen molar-refractivity contribution in [2.75, 3.05) is 0 Å². The highest BCUT2D eigenvalue weighted by atomic mass is 32.1. The molecule has 2 rings (SSSR count). The number of nitrogens with two attached hydrogens (primary N) is 2. The molecular weight excluding hydrogens is 267 g/mol. The summed E-state index contributed by atoms with van der Waals surface area (Å²) in [6.07, 6.45) is 0. The highest BCUT2D eigenvalue weighted by molar-refractivity contribution is 7.17. The Morgan fingerprint density at radius 2 is 1.95 bits per heavy atom. The van der Waals surface area contributed by atoms with Crippen LogP contribution in [0.4, 0.5) is 9.52 Å². The maximum atomic E-state index is 12.8. The fraction of sp³-hybridized carbons (Fsp3) is 0.0833. The molecule has 1 aromatic carbocycles. The van der Waals surface area contributed by atoms with Gasteiger partial charge in [-0.3, -0.25) is 4.79 Å². The average molecular weight is 278 g/mol. The van der Waals surface area contributed by atoms with E-state index in [0.29, 0.717) is 21.3 Å². The van der Waals surface area contributed by atoms with Crippen LogP contribution in [0, 0.1) is 12.7 Å². The van der Waals surface area contributed by atoms with E-state index in [1.54, 1.807) is 6.92 Å². The van der Waals surface area contributed by atoms with E-state index in [9.17, 15) is 9.18 Å². The van der Waals surface area contributed by atoms with E-state index in [1.807, 2.05) is 0 Å². The minimum absolute atomic E-state index is 0.116. The fourth-order valence-corrected chi connectivity index (χ4v) is 2.40. The van der Waals surface area contributed by atoms with Gasteiger partial charge in [-0.05, 0) is 31.2 Å². The van der Waals surface area contributed by atoms with Crippen molar-refractivity contribution in [3.8, 4) is 0 Å². The lowest BCUT2D eigenvalue weighted by molar-refractivity contribution is 0.104. The van der Waals surface area contributed by atoms with Gasteiger partial charge in [-0.15, -0.1) is 0 Å². The smallest absolute Gasteiger partial charge is 0.213 e. The Hall–Kier alpha value is -2.28. The number of aromatic nitrogens is 1. The van der Waals surface area contributed by atoms with Crippen LogP contribution in [0.3, 0.4) is 0 Å². The average Bonchev–Trinajstić information content (AvgIpc) is 2.69. The monoisotopic (exact) mass is 278 g/mol. The van der Waals surface area contributed by atoms with Crippen LogP contribution in [0.25, 0.3) is 0 Å². The lowest BCUT2D eigenvalue weighted by atomic mass is 10.1. The Kier molecular flexibility index (Phi) is 3.57. The number of halogens is 1. The molecule has 0 aliphatic heterocycles. The Morgan fingerprint density at radius 1 is 1.32 bits per heavy atom. The predicted molar refractivity (Wildman–Crippen MR) is 72.2 cm³/mol. The topological polar surface area (TPSA) is 94.4 Å². The Morgan fingerprint density at radius 3 is 2.53 bits per heavy atom. The van der Waals surface area contributed by atoms with E-state index in [0.717, 1.165) is 11.3 Å². The number of rotatable bonds is 3. The fourth-order valence-electron chi connectivity index (χ4n) is 1.48. The number of hydrogen-bond donors (Lipinski definition) is 2. The molecule has 0 saturated heterocycles. The third kappa shape index (κ3) is 2.94. The maximum absolute atomic E-state index is 12.8. The first-order valence-corrected chi connectivity index (χ1v) is 6.16. The summed E-state index contributed by atoms with van der Waals surface area (Å²) in [4.78, 5) is 20.5. The number of guanidine groups is 1. The zero-order valence-corrected chi connectivity index (χ0v) is 10.9. The van der Waals surface area contributed by atoms with Crippen LogP contribution >= 0.6 is 11.3 Å². The summed E-state index contributed by atoms with van der Waals surface area (Å²) in [6.45, 7) is 1.69. The first kappa shape index (κ1) is 13.2. The molecule has 0 atom stereocenters. The van der Waals surface area contributed by atoms with Gasteiger partial charge in [0.05, 0.1) is 10.6 Å². The Balaban J connectivity index is 2.36. The summed E-state index contributed by atoms with van der Waals surface area (Å²) in [7, 11) is 0. The van der Waals surface area contributed by atoms with Gasteiger partial charge in [-0.25, -0.2) is 9.37 Å². The van der Waals surface area contributed by atoms with Crippen LogP contribution in [0.15, 0.2) is 29.3 Å². The number of benzene rings is 1. The van der Waals surface area contributed by atoms with Crippen molar-refractivity contribution >= 4 is 28.2 Å². The third-order valence-electron chi connectivity index (χ3n) is 2.32. The summed E-state index contributed by atoms with van der Waals surface area (Å²) in [6, 6.07) is 5.33. The number of aryl methyl sites for hydroxylation is 1. The molecule has 1 heterocycles. The zero-order valence-electron chi connectivity index (χ0n) is 10.1. The molecule has 0 unspecified atom stereocenters. The van der Waals surface area contributed by atoms with E-state index in [4.69, 9.17) is 11.5 Å². The normalized spacial score (nSPS) is 10.2. The molecule has 4 N–H and O–H groups in total. The number of aliphatic imine (C=N–C) groups is 1. The number of thiazole rings is 1. The van der Waals surface area contributed by atoms with Crippen LogP contribution in [0.2, 0.25) is 0 Å². The van der Waals surface area contributed by atoms with E-state index in [-0.39, 0.29) is 11.7 Å². The minimum atomic E-state index is -0.390. The number of hydrogen-bond acceptors (Lipinski definition) is 4. The summed E-state index contributed by atoms with van der Waals surface area (Å²) >= 11 is 1.09. The van der Waals surface area contributed by atoms with Crippen LogP contribution in [0.1, 0.15) is 20.9 Å². The standard InChI is InChI=1S/C12H11FN4OS/c1-6-10(19-12(16-6)17-11(14)15)9(18)7-2-4-8(13)5-3-7/h2-5H,1H3,(H4,14,15,16,17). The van der Waals surface area contributed by atoms with Crippen molar-refractivity contribution in [3.63, 3.8) is 0 Å². The molecular formula is C12H11FN4OS. The molecule has 0 amide bonds. The lowest BCUT2D eigenvalue weighted by Gasteiger charge is -1.98. The van der Waals surface area contributed by atoms with E-state index >= 15 is 0 Å². The number of carbonyl (C=O) groups excluding carboxylic acids is 1. The number of nitrogens with zero attached hydrogens (tertiary/aromatic N) is 2. The molecule has 19 heavy (non-hydrogen) atoms. The largest absolute Gasteiger partial charge is 0.370 e. The highest BCUT2D eigenvalue weighted by Gasteiger charge is 2.17. The van der Waals surface area contributed by atoms with Crippen LogP contribution in [-0.2, 0) is 0 Å². The third-order valence-corrected chi connectivity index (χ3v) is 3.37. The van der Waals surface area contributed by atoms with Gasteiger partial charge in [-0.2, -0.15) is 4.99 Å². The highest BCUT2D eigenvalue weighted by Crippen LogP contribution is 2.27. The van der Waals surface area contributed by atoms with Crippen molar-refractivity contribution < 1.29 is 9.18 Å². The quantitative estimate of drug-likeness (QED) is 0.508. The maximum Gasteiger partial charge on any atom is 0.213 e. The van der Waals surface area contributed by atoms with Gasteiger partial charge in [0.15, 0.2) is 5.96 Å². The van der Waals surface area contributed by atoms with E-state index in [1.165, 1.54) is 24.3 Å². The molecule has 5 nitrogen and oxygen atoms in total. The van der Waals surface area contributed by atoms with Crippen molar-refractivity contribution in [1.29, 1.82) is 0 Å². The molecule has 98 valence electrons. The number of ketones is 1. The molecule has 2 aromatic rings. The summed E-state index contributed by atoms with van der Waals surface area (Å²) in [5.41, 5.74) is 11.4. The van der Waals surface area contributed by atoms with E-state index < -0.39 is 5.82 Å². The van der Waals surface area contributed by atoms with Crippen LogP contribution in [-0.4, -0.2) is 16.7 Å². The second kappa shape index (κ2) is 5.15. The molecule has 0 aliphatic carbocycles. The number of carbonyl (C=O) groups is 1. The molecule has 7 heteroatoms. The van der Waals surface area contributed by atoms with Crippen LogP contribution in [0.5, 0.6) is 0 Å². The van der Waals surface area contributed by atoms with Gasteiger partial charge in [-0.1, -0.05) is 11.3 Å². The van der Waals surface area contributed by atoms with Gasteiger partial charge in [0.25, 0.3) is 0 Å². The molecule has 0 saturated carbocycles. The van der Waals surface area contributed by atoms with Crippen molar-refractivity contribution in [3.05, 3.63) is 46.2 Å². The zero-order chi connectivity index (χ0) is 14.0. The first-order chi connectivity index (χ1) is 8.97. The minimum Gasteiger partial charge on any atom is -0.370 e. The molecule has 0 aliphatic rings. The van der Waals surface area contributed by atoms with Gasteiger partial charge >= 0.3 is 0 Å². The lowest BCUT2D eigenvalue weighted by Crippen LogP contribution is -2.21. The van der Waals surface area contributed by atoms with Gasteiger partial charge in [0, 0.05) is 5.56 Å². The second-order valence-electron chi connectivity index (χ2n) is 3.78. The summed E-state index contributed by atoms with van der Waals surface area (Å²) < 4.78 is 12.8. The van der Waals surface area contributed by atoms with Crippen molar-refractivity contribution in [1.82, 2.24) is 4.98 Å². The Bertz CT molecular complexity index is 644. The molecule has 1 aromatic heterocycles. The van der Waals surface area contributed by atoms with Crippen molar-refractivity contribution in [2.45, 2.75) is 6.92 Å². The summed E-state index contributed by atoms with van der Waals surface area (Å²) in [5, 5.41) is 0.322. The molecule has 0 spiro atoms. The molecule has 0 radical (unpaired) electrons. The van der Waals surface area contributed by atoms with Gasteiger partial charge in [0.1, 0.15) is 5.82 Å². The van der Waals surface area contributed by atoms with Gasteiger partial charge < -0.3 is 11.5 Å².